The van der Waals surface area contributed by atoms with Gasteiger partial charge in [0.25, 0.3) is 0 Å². The average Bonchev–Trinajstić information content (AvgIpc) is 2.04. The Hall–Kier alpha value is -1.58. The standard InChI is InChI=1S/C8H10O4/c1-3-7(9)12-6-5-8(10)11-4-2/h3-4H,1-2,5-6H2. The predicted molar refractivity (Wildman–Crippen MR) is 42.1 cm³/mol. The number of hydrogen-bond acceptors (Lipinski definition) is 4. The first-order chi connectivity index (χ1) is 5.70. The van der Waals surface area contributed by atoms with Crippen molar-refractivity contribution in [3.8, 4) is 0 Å². The van der Waals surface area contributed by atoms with E-state index < -0.39 is 11.9 Å². The van der Waals surface area contributed by atoms with Gasteiger partial charge in [-0.25, -0.2) is 4.79 Å². The Morgan fingerprint density at radius 1 is 1.33 bits per heavy atom. The number of carbonyl (C=O) groups is 2. The van der Waals surface area contributed by atoms with Crippen LogP contribution in [0.3, 0.4) is 0 Å². The molecule has 0 atom stereocenters. The Morgan fingerprint density at radius 3 is 2.50 bits per heavy atom. The lowest BCUT2D eigenvalue weighted by Crippen LogP contribution is -2.08. The number of esters is 2. The molecule has 0 radical (unpaired) electrons. The zero-order valence-corrected chi connectivity index (χ0v) is 6.62. The molecule has 0 aliphatic heterocycles. The zero-order chi connectivity index (χ0) is 9.40. The summed E-state index contributed by atoms with van der Waals surface area (Å²) in [6, 6.07) is 0. The van der Waals surface area contributed by atoms with E-state index in [0.29, 0.717) is 0 Å². The van der Waals surface area contributed by atoms with Crippen molar-refractivity contribution < 1.29 is 19.1 Å². The van der Waals surface area contributed by atoms with Crippen molar-refractivity contribution in [2.24, 2.45) is 0 Å². The Bertz CT molecular complexity index is 195. The van der Waals surface area contributed by atoms with Crippen LogP contribution in [-0.2, 0) is 19.1 Å². The van der Waals surface area contributed by atoms with Crippen LogP contribution in [0.4, 0.5) is 0 Å². The minimum atomic E-state index is -0.554. The van der Waals surface area contributed by atoms with E-state index in [-0.39, 0.29) is 13.0 Å². The second-order valence-electron chi connectivity index (χ2n) is 1.78. The first-order valence-corrected chi connectivity index (χ1v) is 3.30. The minimum absolute atomic E-state index is 0.00245. The third kappa shape index (κ3) is 5.22. The van der Waals surface area contributed by atoms with E-state index in [4.69, 9.17) is 0 Å². The lowest BCUT2D eigenvalue weighted by atomic mass is 10.5. The molecule has 4 nitrogen and oxygen atoms in total. The summed E-state index contributed by atoms with van der Waals surface area (Å²) in [6.07, 6.45) is 2.07. The van der Waals surface area contributed by atoms with Crippen LogP contribution in [0, 0.1) is 0 Å². The molecule has 66 valence electrons. The predicted octanol–water partition coefficient (Wildman–Crippen LogP) is 0.792. The fourth-order valence-corrected chi connectivity index (χ4v) is 0.446. The van der Waals surface area contributed by atoms with E-state index in [0.717, 1.165) is 12.3 Å². The summed E-state index contributed by atoms with van der Waals surface area (Å²) in [5.74, 6) is -1.04. The fourth-order valence-electron chi connectivity index (χ4n) is 0.446. The van der Waals surface area contributed by atoms with Gasteiger partial charge < -0.3 is 9.47 Å². The highest BCUT2D eigenvalue weighted by Gasteiger charge is 2.02. The maximum absolute atomic E-state index is 10.6. The Kier molecular flexibility index (Phi) is 5.34. The van der Waals surface area contributed by atoms with Crippen molar-refractivity contribution >= 4 is 11.9 Å². The van der Waals surface area contributed by atoms with Gasteiger partial charge in [0.2, 0.25) is 0 Å². The molecule has 0 aromatic carbocycles. The Balaban J connectivity index is 3.42. The van der Waals surface area contributed by atoms with Crippen LogP contribution in [0.5, 0.6) is 0 Å². The van der Waals surface area contributed by atoms with Crippen LogP contribution in [0.25, 0.3) is 0 Å². The number of rotatable bonds is 5. The first kappa shape index (κ1) is 10.4. The molecule has 0 unspecified atom stereocenters. The second kappa shape index (κ2) is 6.15. The smallest absolute Gasteiger partial charge is 0.330 e. The first-order valence-electron chi connectivity index (χ1n) is 3.30. The fraction of sp³-hybridized carbons (Fsp3) is 0.250. The van der Waals surface area contributed by atoms with Crippen molar-refractivity contribution in [1.82, 2.24) is 0 Å². The summed E-state index contributed by atoms with van der Waals surface area (Å²) >= 11 is 0. The van der Waals surface area contributed by atoms with Crippen LogP contribution >= 0.6 is 0 Å². The highest BCUT2D eigenvalue weighted by molar-refractivity contribution is 5.81. The summed E-state index contributed by atoms with van der Waals surface area (Å²) < 4.78 is 8.88. The van der Waals surface area contributed by atoms with E-state index >= 15 is 0 Å². The minimum Gasteiger partial charge on any atom is -0.462 e. The van der Waals surface area contributed by atoms with Gasteiger partial charge in [-0.05, 0) is 0 Å². The molecule has 0 aromatic rings. The van der Waals surface area contributed by atoms with E-state index in [9.17, 15) is 9.59 Å². The number of ether oxygens (including phenoxy) is 2. The molecule has 0 aromatic heterocycles. The molecule has 12 heavy (non-hydrogen) atoms. The van der Waals surface area contributed by atoms with Crippen molar-refractivity contribution in [2.75, 3.05) is 6.61 Å². The van der Waals surface area contributed by atoms with Crippen LogP contribution in [0.15, 0.2) is 25.5 Å². The molecule has 0 fully saturated rings. The van der Waals surface area contributed by atoms with Gasteiger partial charge in [-0.3, -0.25) is 4.79 Å². The van der Waals surface area contributed by atoms with Gasteiger partial charge >= 0.3 is 11.9 Å². The average molecular weight is 170 g/mol. The summed E-state index contributed by atoms with van der Waals surface area (Å²) in [6.45, 7) is 6.38. The molecule has 0 bridgehead atoms. The van der Waals surface area contributed by atoms with E-state index in [2.05, 4.69) is 22.6 Å². The molecule has 0 saturated heterocycles. The molecule has 0 amide bonds. The summed E-state index contributed by atoms with van der Waals surface area (Å²) in [7, 11) is 0. The molecule has 0 aliphatic carbocycles. The van der Waals surface area contributed by atoms with Crippen molar-refractivity contribution in [3.05, 3.63) is 25.5 Å². The van der Waals surface area contributed by atoms with Gasteiger partial charge in [0.1, 0.15) is 6.61 Å². The normalized spacial score (nSPS) is 8.33. The van der Waals surface area contributed by atoms with Crippen LogP contribution < -0.4 is 0 Å². The van der Waals surface area contributed by atoms with Crippen molar-refractivity contribution in [1.29, 1.82) is 0 Å². The monoisotopic (exact) mass is 170 g/mol. The van der Waals surface area contributed by atoms with Gasteiger partial charge in [0.05, 0.1) is 12.7 Å². The number of hydrogen-bond donors (Lipinski definition) is 0. The zero-order valence-electron chi connectivity index (χ0n) is 6.62. The quantitative estimate of drug-likeness (QED) is 0.348. The Labute approximate surface area is 70.5 Å². The molecule has 0 rings (SSSR count). The molecule has 0 spiro atoms. The topological polar surface area (TPSA) is 52.6 Å². The molecular weight excluding hydrogens is 160 g/mol. The highest BCUT2D eigenvalue weighted by Crippen LogP contribution is 1.89. The lowest BCUT2D eigenvalue weighted by molar-refractivity contribution is -0.143. The van der Waals surface area contributed by atoms with E-state index in [1.165, 1.54) is 0 Å². The lowest BCUT2D eigenvalue weighted by Gasteiger charge is -1.99. The number of carbonyl (C=O) groups excluding carboxylic acids is 2. The van der Waals surface area contributed by atoms with Crippen molar-refractivity contribution in [2.45, 2.75) is 6.42 Å². The maximum atomic E-state index is 10.6. The van der Waals surface area contributed by atoms with E-state index in [1.807, 2.05) is 0 Å². The molecule has 0 heterocycles. The van der Waals surface area contributed by atoms with Crippen LogP contribution in [0.1, 0.15) is 6.42 Å². The third-order valence-corrected chi connectivity index (χ3v) is 0.932. The summed E-state index contributed by atoms with van der Waals surface area (Å²) in [4.78, 5) is 21.0. The summed E-state index contributed by atoms with van der Waals surface area (Å²) in [5, 5.41) is 0. The molecular formula is C8H10O4. The second-order valence-corrected chi connectivity index (χ2v) is 1.78. The van der Waals surface area contributed by atoms with Gasteiger partial charge in [0, 0.05) is 6.08 Å². The molecule has 0 aliphatic rings. The van der Waals surface area contributed by atoms with Crippen LogP contribution in [0.2, 0.25) is 0 Å². The SMILES string of the molecule is C=COC(=O)CCOC(=O)C=C. The third-order valence-electron chi connectivity index (χ3n) is 0.932. The van der Waals surface area contributed by atoms with Gasteiger partial charge in [-0.1, -0.05) is 13.2 Å². The van der Waals surface area contributed by atoms with Crippen LogP contribution in [-0.4, -0.2) is 18.5 Å². The van der Waals surface area contributed by atoms with Gasteiger partial charge in [-0.15, -0.1) is 0 Å². The van der Waals surface area contributed by atoms with Gasteiger partial charge in [-0.2, -0.15) is 0 Å². The molecule has 0 N–H and O–H groups in total. The summed E-state index contributed by atoms with van der Waals surface area (Å²) in [5.41, 5.74) is 0. The Morgan fingerprint density at radius 2 is 2.00 bits per heavy atom. The molecule has 4 heteroatoms. The highest BCUT2D eigenvalue weighted by atomic mass is 16.5. The van der Waals surface area contributed by atoms with Gasteiger partial charge in [0.15, 0.2) is 0 Å². The van der Waals surface area contributed by atoms with E-state index in [1.54, 1.807) is 0 Å². The van der Waals surface area contributed by atoms with Crippen molar-refractivity contribution in [3.63, 3.8) is 0 Å². The maximum Gasteiger partial charge on any atom is 0.330 e. The largest absolute Gasteiger partial charge is 0.462 e. The molecule has 0 saturated carbocycles.